The number of carbonyl (C=O) groups is 1. The van der Waals surface area contributed by atoms with Gasteiger partial charge in [-0.1, -0.05) is 24.3 Å². The van der Waals surface area contributed by atoms with Crippen LogP contribution in [0.5, 0.6) is 0 Å². The van der Waals surface area contributed by atoms with Gasteiger partial charge >= 0.3 is 0 Å². The van der Waals surface area contributed by atoms with E-state index in [0.29, 0.717) is 11.4 Å². The van der Waals surface area contributed by atoms with E-state index in [0.717, 1.165) is 45.9 Å². The highest BCUT2D eigenvalue weighted by atomic mass is 32.1. The first-order chi connectivity index (χ1) is 15.1. The molecule has 31 heavy (non-hydrogen) atoms. The monoisotopic (exact) mass is 428 g/mol. The molecule has 5 nitrogen and oxygen atoms in total. The number of rotatable bonds is 5. The van der Waals surface area contributed by atoms with Crippen molar-refractivity contribution < 1.29 is 4.79 Å². The predicted octanol–water partition coefficient (Wildman–Crippen LogP) is 5.51. The molecule has 1 saturated heterocycles. The van der Waals surface area contributed by atoms with Gasteiger partial charge in [-0.2, -0.15) is 0 Å². The molecule has 0 radical (unpaired) electrons. The number of benzene rings is 2. The van der Waals surface area contributed by atoms with Crippen LogP contribution in [0.4, 0.5) is 5.82 Å². The largest absolute Gasteiger partial charge is 0.307 e. The summed E-state index contributed by atoms with van der Waals surface area (Å²) < 4.78 is 0. The van der Waals surface area contributed by atoms with Crippen molar-refractivity contribution in [3.63, 3.8) is 0 Å². The van der Waals surface area contributed by atoms with Crippen LogP contribution in [0, 0.1) is 6.92 Å². The summed E-state index contributed by atoms with van der Waals surface area (Å²) in [5.41, 5.74) is 2.95. The van der Waals surface area contributed by atoms with Gasteiger partial charge in [-0.3, -0.25) is 9.69 Å². The Morgan fingerprint density at radius 2 is 1.90 bits per heavy atom. The van der Waals surface area contributed by atoms with Crippen LogP contribution in [0.3, 0.4) is 0 Å². The third-order valence-corrected chi connectivity index (χ3v) is 6.62. The summed E-state index contributed by atoms with van der Waals surface area (Å²) in [7, 11) is 0. The first-order valence-corrected chi connectivity index (χ1v) is 11.4. The Morgan fingerprint density at radius 1 is 1.03 bits per heavy atom. The van der Waals surface area contributed by atoms with Gasteiger partial charge in [-0.25, -0.2) is 9.97 Å². The lowest BCUT2D eigenvalue weighted by atomic mass is 10.1. The molecule has 0 spiro atoms. The second-order valence-corrected chi connectivity index (χ2v) is 9.25. The second kappa shape index (κ2) is 8.57. The minimum absolute atomic E-state index is 0.135. The number of likely N-dealkylation sites (tertiary alicyclic amines) is 1. The second-order valence-electron chi connectivity index (χ2n) is 8.01. The highest BCUT2D eigenvalue weighted by Crippen LogP contribution is 2.29. The lowest BCUT2D eigenvalue weighted by molar-refractivity contribution is 0.102. The summed E-state index contributed by atoms with van der Waals surface area (Å²) >= 11 is 1.67. The summed E-state index contributed by atoms with van der Waals surface area (Å²) in [5.74, 6) is 0.421. The van der Waals surface area contributed by atoms with E-state index in [4.69, 9.17) is 0 Å². The number of thiazole rings is 1. The van der Waals surface area contributed by atoms with Crippen molar-refractivity contribution in [1.82, 2.24) is 14.9 Å². The molecule has 6 heteroatoms. The molecule has 1 amide bonds. The van der Waals surface area contributed by atoms with Crippen molar-refractivity contribution >= 4 is 33.8 Å². The Hall–Kier alpha value is -3.09. The molecular weight excluding hydrogens is 404 g/mol. The van der Waals surface area contributed by atoms with Crippen molar-refractivity contribution in [3.8, 4) is 10.4 Å². The number of hydrogen-bond donors (Lipinski definition) is 1. The number of fused-ring (bicyclic) bond motifs is 1. The number of amides is 1. The van der Waals surface area contributed by atoms with Crippen LogP contribution in [0.1, 0.15) is 33.8 Å². The smallest absolute Gasteiger partial charge is 0.256 e. The van der Waals surface area contributed by atoms with E-state index in [1.807, 2.05) is 37.4 Å². The molecule has 1 fully saturated rings. The van der Waals surface area contributed by atoms with Gasteiger partial charge in [-0.15, -0.1) is 11.3 Å². The average molecular weight is 429 g/mol. The van der Waals surface area contributed by atoms with Gasteiger partial charge in [0.25, 0.3) is 5.91 Å². The van der Waals surface area contributed by atoms with Crippen LogP contribution in [-0.2, 0) is 6.54 Å². The molecule has 1 N–H and O–H groups in total. The zero-order chi connectivity index (χ0) is 21.2. The molecule has 0 bridgehead atoms. The Kier molecular flexibility index (Phi) is 5.49. The normalized spacial score (nSPS) is 14.2. The van der Waals surface area contributed by atoms with E-state index >= 15 is 0 Å². The minimum atomic E-state index is -0.135. The van der Waals surface area contributed by atoms with E-state index in [1.54, 1.807) is 17.5 Å². The van der Waals surface area contributed by atoms with Crippen molar-refractivity contribution in [2.75, 3.05) is 18.4 Å². The summed E-state index contributed by atoms with van der Waals surface area (Å²) in [4.78, 5) is 25.2. The Bertz CT molecular complexity index is 1240. The third kappa shape index (κ3) is 4.50. The number of aryl methyl sites for hydroxylation is 1. The maximum atomic E-state index is 12.9. The molecular formula is C25H24N4OS. The predicted molar refractivity (Wildman–Crippen MR) is 126 cm³/mol. The highest BCUT2D eigenvalue weighted by Gasteiger charge is 2.13. The van der Waals surface area contributed by atoms with Crippen molar-refractivity contribution in [2.24, 2.45) is 0 Å². The van der Waals surface area contributed by atoms with Gasteiger partial charge in [0.05, 0.1) is 9.88 Å². The molecule has 2 aromatic heterocycles. The van der Waals surface area contributed by atoms with E-state index in [-0.39, 0.29) is 5.91 Å². The number of pyridine rings is 1. The fraction of sp³-hybridized carbons (Fsp3) is 0.240. The maximum absolute atomic E-state index is 12.9. The number of aromatic nitrogens is 2. The Labute approximate surface area is 185 Å². The molecule has 0 saturated carbocycles. The molecule has 1 aliphatic heterocycles. The van der Waals surface area contributed by atoms with E-state index < -0.39 is 0 Å². The number of hydrogen-bond acceptors (Lipinski definition) is 5. The molecule has 3 heterocycles. The van der Waals surface area contributed by atoms with Crippen LogP contribution in [0.2, 0.25) is 0 Å². The Balaban J connectivity index is 1.35. The van der Waals surface area contributed by atoms with Gasteiger partial charge in [0.15, 0.2) is 0 Å². The molecule has 156 valence electrons. The van der Waals surface area contributed by atoms with Crippen LogP contribution in [0.15, 0.2) is 60.9 Å². The summed E-state index contributed by atoms with van der Waals surface area (Å²) in [6.45, 7) is 5.18. The molecule has 2 aromatic carbocycles. The number of carbonyl (C=O) groups excluding carboxylic acids is 1. The van der Waals surface area contributed by atoms with E-state index in [1.165, 1.54) is 18.4 Å². The first-order valence-electron chi connectivity index (χ1n) is 10.6. The lowest BCUT2D eigenvalue weighted by Gasteiger charge is -2.15. The number of nitrogens with zero attached hydrogens (tertiary/aromatic N) is 3. The van der Waals surface area contributed by atoms with Crippen molar-refractivity contribution in [1.29, 1.82) is 0 Å². The first kappa shape index (κ1) is 19.8. The minimum Gasteiger partial charge on any atom is -0.307 e. The summed E-state index contributed by atoms with van der Waals surface area (Å²) in [6, 6.07) is 16.1. The Morgan fingerprint density at radius 3 is 2.71 bits per heavy atom. The SMILES string of the molecule is Cc1ncc(-c2ccc3cnc(NC(=O)c4cccc(CN5CCCC5)c4)cc3c2)s1. The maximum Gasteiger partial charge on any atom is 0.256 e. The molecule has 5 rings (SSSR count). The zero-order valence-corrected chi connectivity index (χ0v) is 18.3. The molecule has 4 aromatic rings. The van der Waals surface area contributed by atoms with Gasteiger partial charge < -0.3 is 5.32 Å². The van der Waals surface area contributed by atoms with E-state index in [9.17, 15) is 4.79 Å². The zero-order valence-electron chi connectivity index (χ0n) is 17.5. The molecule has 0 aliphatic carbocycles. The topological polar surface area (TPSA) is 58.1 Å². The van der Waals surface area contributed by atoms with Gasteiger partial charge in [0, 0.05) is 29.9 Å². The lowest BCUT2D eigenvalue weighted by Crippen LogP contribution is -2.19. The van der Waals surface area contributed by atoms with Crippen LogP contribution < -0.4 is 5.32 Å². The number of nitrogens with one attached hydrogen (secondary N) is 1. The van der Waals surface area contributed by atoms with Crippen molar-refractivity contribution in [3.05, 3.63) is 77.1 Å². The quantitative estimate of drug-likeness (QED) is 0.455. The number of anilines is 1. The van der Waals surface area contributed by atoms with Gasteiger partial charge in [-0.05, 0) is 73.6 Å². The fourth-order valence-corrected chi connectivity index (χ4v) is 4.83. The average Bonchev–Trinajstić information content (AvgIpc) is 3.45. The van der Waals surface area contributed by atoms with E-state index in [2.05, 4.69) is 44.5 Å². The molecule has 1 aliphatic rings. The third-order valence-electron chi connectivity index (χ3n) is 5.66. The van der Waals surface area contributed by atoms with Crippen molar-refractivity contribution in [2.45, 2.75) is 26.3 Å². The fourth-order valence-electron chi connectivity index (χ4n) is 4.06. The van der Waals surface area contributed by atoms with Crippen LogP contribution in [-0.4, -0.2) is 33.9 Å². The van der Waals surface area contributed by atoms with Crippen LogP contribution >= 0.6 is 11.3 Å². The van der Waals surface area contributed by atoms with Gasteiger partial charge in [0.1, 0.15) is 5.82 Å². The molecule has 0 unspecified atom stereocenters. The van der Waals surface area contributed by atoms with Gasteiger partial charge in [0.2, 0.25) is 0 Å². The standard InChI is InChI=1S/C25H24N4OS/c1-17-26-15-23(31-17)19-7-8-21-14-27-24(13-22(21)12-19)28-25(30)20-6-4-5-18(11-20)16-29-9-2-3-10-29/h4-8,11-15H,2-3,9-10,16H2,1H3,(H,27,28,30). The van der Waals surface area contributed by atoms with Crippen LogP contribution in [0.25, 0.3) is 21.2 Å². The highest BCUT2D eigenvalue weighted by molar-refractivity contribution is 7.15. The summed E-state index contributed by atoms with van der Waals surface area (Å²) in [6.07, 6.45) is 6.23. The molecule has 0 atom stereocenters. The summed E-state index contributed by atoms with van der Waals surface area (Å²) in [5, 5.41) is 6.08.